The zero-order valence-electron chi connectivity index (χ0n) is 14.9. The zero-order chi connectivity index (χ0) is 18.7. The van der Waals surface area contributed by atoms with Crippen molar-refractivity contribution in [3.8, 4) is 11.5 Å². The van der Waals surface area contributed by atoms with Crippen molar-refractivity contribution in [2.24, 2.45) is 5.41 Å². The van der Waals surface area contributed by atoms with Crippen molar-refractivity contribution in [1.82, 2.24) is 15.5 Å². The molecule has 6 heteroatoms. The molecule has 0 saturated carbocycles. The maximum atomic E-state index is 12.5. The van der Waals surface area contributed by atoms with Crippen molar-refractivity contribution >= 4 is 17.5 Å². The van der Waals surface area contributed by atoms with Crippen LogP contribution in [0.15, 0.2) is 59.0 Å². The highest BCUT2D eigenvalue weighted by Crippen LogP contribution is 2.27. The third-order valence-electron chi connectivity index (χ3n) is 3.87. The molecule has 0 aliphatic heterocycles. The molecule has 134 valence electrons. The Labute approximate surface area is 157 Å². The van der Waals surface area contributed by atoms with Gasteiger partial charge >= 0.3 is 0 Å². The van der Waals surface area contributed by atoms with E-state index in [0.29, 0.717) is 16.8 Å². The number of aromatic nitrogens is 2. The third kappa shape index (κ3) is 4.11. The lowest BCUT2D eigenvalue weighted by Crippen LogP contribution is -2.38. The van der Waals surface area contributed by atoms with Crippen LogP contribution in [0.1, 0.15) is 38.3 Å². The monoisotopic (exact) mass is 369 g/mol. The summed E-state index contributed by atoms with van der Waals surface area (Å²) in [5.74, 6) is 0.616. The molecule has 2 aromatic carbocycles. The topological polar surface area (TPSA) is 68.0 Å². The SMILES string of the molecule is CC(C)(C)C(=O)N[C@@H](c1ccc(Cl)cc1)c1nnc(-c2ccccc2)o1. The predicted octanol–water partition coefficient (Wildman–Crippen LogP) is 4.64. The van der Waals surface area contributed by atoms with Gasteiger partial charge in [-0.15, -0.1) is 10.2 Å². The maximum absolute atomic E-state index is 12.5. The zero-order valence-corrected chi connectivity index (χ0v) is 15.6. The molecule has 0 aliphatic carbocycles. The molecule has 1 atom stereocenters. The van der Waals surface area contributed by atoms with Crippen LogP contribution < -0.4 is 5.32 Å². The Morgan fingerprint density at radius 3 is 2.31 bits per heavy atom. The molecule has 26 heavy (non-hydrogen) atoms. The normalized spacial score (nSPS) is 12.6. The Morgan fingerprint density at radius 2 is 1.69 bits per heavy atom. The van der Waals surface area contributed by atoms with Gasteiger partial charge in [-0.05, 0) is 29.8 Å². The number of carbonyl (C=O) groups excluding carboxylic acids is 1. The Bertz CT molecular complexity index is 883. The number of nitrogens with zero attached hydrogens (tertiary/aromatic N) is 2. The number of amides is 1. The largest absolute Gasteiger partial charge is 0.418 e. The third-order valence-corrected chi connectivity index (χ3v) is 4.12. The second-order valence-corrected chi connectivity index (χ2v) is 7.46. The van der Waals surface area contributed by atoms with Crippen molar-refractivity contribution in [3.63, 3.8) is 0 Å². The van der Waals surface area contributed by atoms with Gasteiger partial charge in [-0.25, -0.2) is 0 Å². The van der Waals surface area contributed by atoms with E-state index < -0.39 is 11.5 Å². The summed E-state index contributed by atoms with van der Waals surface area (Å²) < 4.78 is 5.86. The molecule has 1 aromatic heterocycles. The molecule has 0 saturated heterocycles. The number of carbonyl (C=O) groups is 1. The predicted molar refractivity (Wildman–Crippen MR) is 101 cm³/mol. The summed E-state index contributed by atoms with van der Waals surface area (Å²) in [7, 11) is 0. The average Bonchev–Trinajstić information content (AvgIpc) is 3.10. The molecule has 1 amide bonds. The fraction of sp³-hybridized carbons (Fsp3) is 0.250. The fourth-order valence-corrected chi connectivity index (χ4v) is 2.47. The Hall–Kier alpha value is -2.66. The molecule has 0 radical (unpaired) electrons. The first-order chi connectivity index (χ1) is 12.3. The minimum atomic E-state index is -0.552. The molecule has 3 rings (SSSR count). The summed E-state index contributed by atoms with van der Waals surface area (Å²) in [5.41, 5.74) is 1.09. The van der Waals surface area contributed by atoms with Gasteiger partial charge in [0.15, 0.2) is 0 Å². The summed E-state index contributed by atoms with van der Waals surface area (Å²) in [6.07, 6.45) is 0. The van der Waals surface area contributed by atoms with E-state index in [0.717, 1.165) is 11.1 Å². The summed E-state index contributed by atoms with van der Waals surface area (Å²) >= 11 is 5.99. The molecular weight excluding hydrogens is 350 g/mol. The van der Waals surface area contributed by atoms with Crippen LogP contribution in [0.4, 0.5) is 0 Å². The van der Waals surface area contributed by atoms with Gasteiger partial charge in [0.2, 0.25) is 17.7 Å². The molecule has 0 spiro atoms. The number of halogens is 1. The number of rotatable bonds is 4. The van der Waals surface area contributed by atoms with Crippen molar-refractivity contribution in [2.75, 3.05) is 0 Å². The van der Waals surface area contributed by atoms with E-state index in [1.165, 1.54) is 0 Å². The Kier molecular flexibility index (Phi) is 5.09. The lowest BCUT2D eigenvalue weighted by Gasteiger charge is -2.22. The second-order valence-electron chi connectivity index (χ2n) is 7.02. The molecular formula is C20H20ClN3O2. The van der Waals surface area contributed by atoms with Crippen LogP contribution in [0.25, 0.3) is 11.5 Å². The standard InChI is InChI=1S/C20H20ClN3O2/c1-20(2,3)19(25)22-16(13-9-11-15(21)12-10-13)18-24-23-17(26-18)14-7-5-4-6-8-14/h4-12,16H,1-3H3,(H,22,25)/t16-/m0/s1. The van der Waals surface area contributed by atoms with Gasteiger partial charge < -0.3 is 9.73 Å². The number of nitrogens with one attached hydrogen (secondary N) is 1. The molecule has 3 aromatic rings. The van der Waals surface area contributed by atoms with Crippen LogP contribution in [0.2, 0.25) is 5.02 Å². The van der Waals surface area contributed by atoms with Gasteiger partial charge in [-0.2, -0.15) is 0 Å². The van der Waals surface area contributed by atoms with Gasteiger partial charge in [-0.3, -0.25) is 4.79 Å². The van der Waals surface area contributed by atoms with Gasteiger partial charge in [0.25, 0.3) is 0 Å². The van der Waals surface area contributed by atoms with E-state index in [9.17, 15) is 4.79 Å². The van der Waals surface area contributed by atoms with Crippen molar-refractivity contribution in [1.29, 1.82) is 0 Å². The van der Waals surface area contributed by atoms with Crippen LogP contribution in [0.3, 0.4) is 0 Å². The van der Waals surface area contributed by atoms with Crippen molar-refractivity contribution in [3.05, 3.63) is 71.1 Å². The summed E-state index contributed by atoms with van der Waals surface area (Å²) in [6.45, 7) is 5.55. The van der Waals surface area contributed by atoms with Gasteiger partial charge in [0, 0.05) is 16.0 Å². The first-order valence-corrected chi connectivity index (χ1v) is 8.67. The highest BCUT2D eigenvalue weighted by molar-refractivity contribution is 6.30. The van der Waals surface area contributed by atoms with Crippen LogP contribution in [0, 0.1) is 5.41 Å². The number of hydrogen-bond acceptors (Lipinski definition) is 4. The summed E-state index contributed by atoms with van der Waals surface area (Å²) in [5, 5.41) is 11.9. The van der Waals surface area contributed by atoms with Crippen LogP contribution in [-0.4, -0.2) is 16.1 Å². The molecule has 0 bridgehead atoms. The van der Waals surface area contributed by atoms with Crippen LogP contribution in [-0.2, 0) is 4.79 Å². The van der Waals surface area contributed by atoms with Crippen LogP contribution in [0.5, 0.6) is 0 Å². The number of hydrogen-bond donors (Lipinski definition) is 1. The van der Waals surface area contributed by atoms with E-state index in [4.69, 9.17) is 16.0 Å². The fourth-order valence-electron chi connectivity index (χ4n) is 2.34. The molecule has 0 fully saturated rings. The minimum Gasteiger partial charge on any atom is -0.418 e. The molecule has 1 N–H and O–H groups in total. The van der Waals surface area contributed by atoms with Gasteiger partial charge in [0.1, 0.15) is 6.04 Å². The Morgan fingerprint density at radius 1 is 1.04 bits per heavy atom. The van der Waals surface area contributed by atoms with Crippen LogP contribution >= 0.6 is 11.6 Å². The molecule has 0 aliphatic rings. The van der Waals surface area contributed by atoms with Crippen molar-refractivity contribution < 1.29 is 9.21 Å². The quantitative estimate of drug-likeness (QED) is 0.727. The lowest BCUT2D eigenvalue weighted by molar-refractivity contribution is -0.129. The smallest absolute Gasteiger partial charge is 0.247 e. The highest BCUT2D eigenvalue weighted by atomic mass is 35.5. The van der Waals surface area contributed by atoms with Gasteiger partial charge in [-0.1, -0.05) is 62.7 Å². The summed E-state index contributed by atoms with van der Waals surface area (Å²) in [4.78, 5) is 12.5. The van der Waals surface area contributed by atoms with Crippen molar-refractivity contribution in [2.45, 2.75) is 26.8 Å². The molecule has 0 unspecified atom stereocenters. The second kappa shape index (κ2) is 7.30. The maximum Gasteiger partial charge on any atom is 0.247 e. The van der Waals surface area contributed by atoms with E-state index in [1.807, 2.05) is 63.2 Å². The summed E-state index contributed by atoms with van der Waals surface area (Å²) in [6, 6.07) is 16.2. The minimum absolute atomic E-state index is 0.114. The first kappa shape index (κ1) is 18.1. The highest BCUT2D eigenvalue weighted by Gasteiger charge is 2.28. The lowest BCUT2D eigenvalue weighted by atomic mass is 9.94. The molecule has 5 nitrogen and oxygen atoms in total. The first-order valence-electron chi connectivity index (χ1n) is 8.30. The Balaban J connectivity index is 1.97. The van der Waals surface area contributed by atoms with Gasteiger partial charge in [0.05, 0.1) is 0 Å². The van der Waals surface area contributed by atoms with E-state index in [2.05, 4.69) is 15.5 Å². The molecule has 1 heterocycles. The average molecular weight is 370 g/mol. The van der Waals surface area contributed by atoms with E-state index in [-0.39, 0.29) is 5.91 Å². The number of benzene rings is 2. The van der Waals surface area contributed by atoms with E-state index in [1.54, 1.807) is 12.1 Å². The van der Waals surface area contributed by atoms with E-state index >= 15 is 0 Å².